The minimum Gasteiger partial charge on any atom is -0.298 e. The Balaban J connectivity index is 2.47. The van der Waals surface area contributed by atoms with Gasteiger partial charge in [-0.05, 0) is 53.6 Å². The van der Waals surface area contributed by atoms with E-state index in [0.717, 1.165) is 20.0 Å². The standard InChI is InChI=1S/C11H21F2N/c1-10(2,3)14-7-5-9(6-8-14)11(4,12)13/h9H,5-8H2,1-4H3. The van der Waals surface area contributed by atoms with E-state index in [-0.39, 0.29) is 5.54 Å². The molecule has 14 heavy (non-hydrogen) atoms. The second-order valence-corrected chi connectivity index (χ2v) is 5.39. The summed E-state index contributed by atoms with van der Waals surface area (Å²) in [6, 6.07) is 0. The van der Waals surface area contributed by atoms with Crippen molar-refractivity contribution in [3.05, 3.63) is 0 Å². The van der Waals surface area contributed by atoms with Gasteiger partial charge in [-0.25, -0.2) is 8.78 Å². The molecule has 0 spiro atoms. The number of piperidine rings is 1. The van der Waals surface area contributed by atoms with Crippen LogP contribution in [0.25, 0.3) is 0 Å². The molecule has 0 N–H and O–H groups in total. The zero-order valence-electron chi connectivity index (χ0n) is 9.61. The van der Waals surface area contributed by atoms with Gasteiger partial charge in [-0.1, -0.05) is 0 Å². The van der Waals surface area contributed by atoms with Crippen LogP contribution in [0.5, 0.6) is 0 Å². The van der Waals surface area contributed by atoms with Crippen molar-refractivity contribution in [2.24, 2.45) is 5.92 Å². The maximum Gasteiger partial charge on any atom is 0.248 e. The summed E-state index contributed by atoms with van der Waals surface area (Å²) in [4.78, 5) is 2.29. The lowest BCUT2D eigenvalue weighted by atomic mass is 9.89. The van der Waals surface area contributed by atoms with Gasteiger partial charge < -0.3 is 0 Å². The van der Waals surface area contributed by atoms with Crippen molar-refractivity contribution in [2.75, 3.05) is 13.1 Å². The SMILES string of the molecule is CC(F)(F)C1CCN(C(C)(C)C)CC1. The van der Waals surface area contributed by atoms with E-state index in [1.165, 1.54) is 0 Å². The molecule has 0 aromatic heterocycles. The average molecular weight is 205 g/mol. The Morgan fingerprint density at radius 2 is 1.43 bits per heavy atom. The molecule has 0 unspecified atom stereocenters. The van der Waals surface area contributed by atoms with Gasteiger partial charge >= 0.3 is 0 Å². The fraction of sp³-hybridized carbons (Fsp3) is 1.00. The van der Waals surface area contributed by atoms with Crippen LogP contribution in [0.15, 0.2) is 0 Å². The van der Waals surface area contributed by atoms with Gasteiger partial charge in [-0.2, -0.15) is 0 Å². The lowest BCUT2D eigenvalue weighted by Crippen LogP contribution is -2.48. The van der Waals surface area contributed by atoms with E-state index in [1.807, 2.05) is 0 Å². The minimum absolute atomic E-state index is 0.119. The van der Waals surface area contributed by atoms with Crippen molar-refractivity contribution in [1.29, 1.82) is 0 Å². The van der Waals surface area contributed by atoms with Gasteiger partial charge in [0.1, 0.15) is 0 Å². The predicted molar refractivity (Wildman–Crippen MR) is 54.7 cm³/mol. The van der Waals surface area contributed by atoms with E-state index in [9.17, 15) is 8.78 Å². The summed E-state index contributed by atoms with van der Waals surface area (Å²) in [5.74, 6) is -2.91. The zero-order valence-corrected chi connectivity index (χ0v) is 9.61. The average Bonchev–Trinajstić information content (AvgIpc) is 2.01. The maximum atomic E-state index is 13.0. The van der Waals surface area contributed by atoms with Crippen LogP contribution in [0.1, 0.15) is 40.5 Å². The second-order valence-electron chi connectivity index (χ2n) is 5.39. The second kappa shape index (κ2) is 3.76. The molecule has 0 aromatic carbocycles. The van der Waals surface area contributed by atoms with Gasteiger partial charge in [0.2, 0.25) is 5.92 Å². The van der Waals surface area contributed by atoms with Crippen LogP contribution in [-0.2, 0) is 0 Å². The van der Waals surface area contributed by atoms with Crippen LogP contribution in [0.3, 0.4) is 0 Å². The highest BCUT2D eigenvalue weighted by Crippen LogP contribution is 2.34. The van der Waals surface area contributed by atoms with Crippen molar-refractivity contribution >= 4 is 0 Å². The quantitative estimate of drug-likeness (QED) is 0.635. The third-order valence-corrected chi connectivity index (χ3v) is 3.16. The molecule has 1 nitrogen and oxygen atoms in total. The van der Waals surface area contributed by atoms with Crippen molar-refractivity contribution in [3.8, 4) is 0 Å². The van der Waals surface area contributed by atoms with Gasteiger partial charge in [-0.15, -0.1) is 0 Å². The Morgan fingerprint density at radius 1 is 1.00 bits per heavy atom. The van der Waals surface area contributed by atoms with Crippen LogP contribution < -0.4 is 0 Å². The Bertz CT molecular complexity index is 160. The van der Waals surface area contributed by atoms with Crippen molar-refractivity contribution in [1.82, 2.24) is 4.90 Å². The number of nitrogens with zero attached hydrogens (tertiary/aromatic N) is 1. The largest absolute Gasteiger partial charge is 0.298 e. The van der Waals surface area contributed by atoms with Crippen molar-refractivity contribution < 1.29 is 8.78 Å². The van der Waals surface area contributed by atoms with Gasteiger partial charge in [0, 0.05) is 11.5 Å². The molecule has 0 aliphatic carbocycles. The monoisotopic (exact) mass is 205 g/mol. The van der Waals surface area contributed by atoms with Gasteiger partial charge in [-0.3, -0.25) is 4.90 Å². The van der Waals surface area contributed by atoms with Crippen LogP contribution in [0.4, 0.5) is 8.78 Å². The molecule has 1 aliphatic rings. The molecule has 1 aliphatic heterocycles. The maximum absolute atomic E-state index is 13.0. The molecule has 1 fully saturated rings. The molecule has 0 saturated carbocycles. The first kappa shape index (κ1) is 11.9. The van der Waals surface area contributed by atoms with E-state index in [2.05, 4.69) is 25.7 Å². The Morgan fingerprint density at radius 3 is 1.71 bits per heavy atom. The molecular weight excluding hydrogens is 184 g/mol. The summed E-state index contributed by atoms with van der Waals surface area (Å²) < 4.78 is 26.0. The summed E-state index contributed by atoms with van der Waals surface area (Å²) in [6.45, 7) is 9.06. The Labute approximate surface area is 85.5 Å². The summed E-state index contributed by atoms with van der Waals surface area (Å²) in [6.07, 6.45) is 1.25. The summed E-state index contributed by atoms with van der Waals surface area (Å²) >= 11 is 0. The molecule has 0 aromatic rings. The summed E-state index contributed by atoms with van der Waals surface area (Å²) in [5.41, 5.74) is 0.119. The lowest BCUT2D eigenvalue weighted by Gasteiger charge is -2.42. The van der Waals surface area contributed by atoms with Crippen LogP contribution in [0.2, 0.25) is 0 Å². The van der Waals surface area contributed by atoms with Gasteiger partial charge in [0.25, 0.3) is 0 Å². The lowest BCUT2D eigenvalue weighted by molar-refractivity contribution is -0.0702. The highest BCUT2D eigenvalue weighted by atomic mass is 19.3. The molecule has 1 saturated heterocycles. The topological polar surface area (TPSA) is 3.24 Å². The number of rotatable bonds is 1. The van der Waals surface area contributed by atoms with E-state index in [0.29, 0.717) is 12.8 Å². The molecule has 84 valence electrons. The minimum atomic E-state index is -2.50. The van der Waals surface area contributed by atoms with E-state index >= 15 is 0 Å². The smallest absolute Gasteiger partial charge is 0.248 e. The van der Waals surface area contributed by atoms with Crippen molar-refractivity contribution in [3.63, 3.8) is 0 Å². The molecule has 0 bridgehead atoms. The first-order chi connectivity index (χ1) is 6.21. The number of alkyl halides is 2. The van der Waals surface area contributed by atoms with Gasteiger partial charge in [0.05, 0.1) is 0 Å². The third kappa shape index (κ3) is 2.91. The first-order valence-electron chi connectivity index (χ1n) is 5.34. The molecule has 0 radical (unpaired) electrons. The number of hydrogen-bond donors (Lipinski definition) is 0. The fourth-order valence-corrected chi connectivity index (χ4v) is 2.06. The highest BCUT2D eigenvalue weighted by molar-refractivity contribution is 4.85. The zero-order chi connectivity index (χ0) is 11.0. The third-order valence-electron chi connectivity index (χ3n) is 3.16. The normalized spacial score (nSPS) is 22.7. The molecule has 1 rings (SSSR count). The van der Waals surface area contributed by atoms with E-state index < -0.39 is 11.8 Å². The summed E-state index contributed by atoms with van der Waals surface area (Å²) in [5, 5.41) is 0. The van der Waals surface area contributed by atoms with Crippen molar-refractivity contribution in [2.45, 2.75) is 52.0 Å². The Kier molecular flexibility index (Phi) is 3.20. The van der Waals surface area contributed by atoms with Crippen LogP contribution in [0, 0.1) is 5.92 Å². The van der Waals surface area contributed by atoms with E-state index in [4.69, 9.17) is 0 Å². The molecule has 1 heterocycles. The molecule has 0 atom stereocenters. The molecule has 0 amide bonds. The van der Waals surface area contributed by atoms with Crippen LogP contribution >= 0.6 is 0 Å². The Hall–Kier alpha value is -0.180. The summed E-state index contributed by atoms with van der Waals surface area (Å²) in [7, 11) is 0. The number of halogens is 2. The van der Waals surface area contributed by atoms with E-state index in [1.54, 1.807) is 0 Å². The molecule has 3 heteroatoms. The first-order valence-corrected chi connectivity index (χ1v) is 5.34. The fourth-order valence-electron chi connectivity index (χ4n) is 2.06. The number of likely N-dealkylation sites (tertiary alicyclic amines) is 1. The van der Waals surface area contributed by atoms with Gasteiger partial charge in [0.15, 0.2) is 0 Å². The highest BCUT2D eigenvalue weighted by Gasteiger charge is 2.38. The molecular formula is C11H21F2N. The van der Waals surface area contributed by atoms with Crippen LogP contribution in [-0.4, -0.2) is 29.5 Å². The predicted octanol–water partition coefficient (Wildman–Crippen LogP) is 3.15. The number of hydrogen-bond acceptors (Lipinski definition) is 1.